The molecule has 5 aliphatic rings. The lowest BCUT2D eigenvalue weighted by Gasteiger charge is -2.55. The van der Waals surface area contributed by atoms with E-state index >= 15 is 0 Å². The van der Waals surface area contributed by atoms with Crippen LogP contribution in [0.3, 0.4) is 0 Å². The molecule has 1 aliphatic heterocycles. The molecule has 1 aromatic rings. The van der Waals surface area contributed by atoms with Gasteiger partial charge in [0.25, 0.3) is 5.91 Å². The van der Waals surface area contributed by atoms with E-state index in [1.165, 1.54) is 26.2 Å². The molecule has 6 heteroatoms. The van der Waals surface area contributed by atoms with E-state index in [1.54, 1.807) is 0 Å². The summed E-state index contributed by atoms with van der Waals surface area (Å²) < 4.78 is 0. The van der Waals surface area contributed by atoms with Crippen LogP contribution in [0.5, 0.6) is 0 Å². The third-order valence-corrected chi connectivity index (χ3v) is 8.72. The number of nitrogens with zero attached hydrogens (tertiary/aromatic N) is 1. The van der Waals surface area contributed by atoms with E-state index in [0.717, 1.165) is 68.5 Å². The summed E-state index contributed by atoms with van der Waals surface area (Å²) in [6.45, 7) is 4.22. The van der Waals surface area contributed by atoms with Gasteiger partial charge in [0.05, 0.1) is 0 Å². The molecule has 0 atom stereocenters. The number of rotatable bonds is 6. The smallest absolute Gasteiger partial charge is 0.253 e. The predicted molar refractivity (Wildman–Crippen MR) is 126 cm³/mol. The first-order valence-electron chi connectivity index (χ1n) is 12.8. The van der Waals surface area contributed by atoms with E-state index in [2.05, 4.69) is 10.6 Å². The molecular formula is C27H37N3O3. The molecule has 1 aromatic carbocycles. The largest absolute Gasteiger partial charge is 0.356 e. The van der Waals surface area contributed by atoms with Gasteiger partial charge >= 0.3 is 0 Å². The van der Waals surface area contributed by atoms with Crippen LogP contribution in [0.25, 0.3) is 0 Å². The lowest BCUT2D eigenvalue weighted by Crippen LogP contribution is -2.53. The average Bonchev–Trinajstić information content (AvgIpc) is 2.80. The number of hydrogen-bond donors (Lipinski definition) is 2. The Morgan fingerprint density at radius 3 is 2.03 bits per heavy atom. The molecule has 0 radical (unpaired) electrons. The third kappa shape index (κ3) is 4.80. The highest BCUT2D eigenvalue weighted by Gasteiger charge is 2.54. The highest BCUT2D eigenvalue weighted by atomic mass is 16.2. The van der Waals surface area contributed by atoms with Gasteiger partial charge in [-0.15, -0.1) is 0 Å². The van der Waals surface area contributed by atoms with Crippen molar-refractivity contribution in [2.75, 3.05) is 19.6 Å². The summed E-state index contributed by atoms with van der Waals surface area (Å²) in [5.74, 6) is 3.06. The number of nitrogens with one attached hydrogen (secondary N) is 2. The summed E-state index contributed by atoms with van der Waals surface area (Å²) in [6, 6.07) is 7.71. The molecule has 0 unspecified atom stereocenters. The Balaban J connectivity index is 1.11. The van der Waals surface area contributed by atoms with Gasteiger partial charge in [-0.05, 0) is 92.7 Å². The minimum atomic E-state index is -0.114. The van der Waals surface area contributed by atoms with E-state index < -0.39 is 0 Å². The van der Waals surface area contributed by atoms with Crippen molar-refractivity contribution in [1.82, 2.24) is 15.5 Å². The Morgan fingerprint density at radius 2 is 1.48 bits per heavy atom. The summed E-state index contributed by atoms with van der Waals surface area (Å²) in [5, 5.41) is 6.11. The van der Waals surface area contributed by atoms with Crippen LogP contribution in [0.1, 0.15) is 74.2 Å². The minimum Gasteiger partial charge on any atom is -0.356 e. The van der Waals surface area contributed by atoms with Crippen molar-refractivity contribution >= 4 is 17.7 Å². The van der Waals surface area contributed by atoms with Crippen LogP contribution in [0, 0.1) is 29.1 Å². The maximum absolute atomic E-state index is 13.2. The topological polar surface area (TPSA) is 78.5 Å². The second-order valence-electron chi connectivity index (χ2n) is 11.3. The Labute approximate surface area is 196 Å². The van der Waals surface area contributed by atoms with Gasteiger partial charge in [-0.25, -0.2) is 0 Å². The molecule has 0 spiro atoms. The zero-order valence-electron chi connectivity index (χ0n) is 19.8. The first-order valence-corrected chi connectivity index (χ1v) is 12.8. The van der Waals surface area contributed by atoms with Crippen molar-refractivity contribution < 1.29 is 14.4 Å². The first kappa shape index (κ1) is 22.4. The second kappa shape index (κ2) is 9.11. The van der Waals surface area contributed by atoms with Gasteiger partial charge < -0.3 is 15.5 Å². The van der Waals surface area contributed by atoms with Gasteiger partial charge in [0, 0.05) is 44.1 Å². The van der Waals surface area contributed by atoms with E-state index in [4.69, 9.17) is 0 Å². The van der Waals surface area contributed by atoms with Crippen LogP contribution in [0.4, 0.5) is 0 Å². The summed E-state index contributed by atoms with van der Waals surface area (Å²) in [6.07, 6.45) is 9.11. The molecular weight excluding hydrogens is 414 g/mol. The number of piperidine rings is 1. The Morgan fingerprint density at radius 1 is 0.909 bits per heavy atom. The number of benzene rings is 1. The highest BCUT2D eigenvalue weighted by molar-refractivity contribution is 5.94. The third-order valence-electron chi connectivity index (χ3n) is 8.72. The van der Waals surface area contributed by atoms with Gasteiger partial charge in [-0.3, -0.25) is 14.4 Å². The number of likely N-dealkylation sites (tertiary alicyclic amines) is 1. The molecule has 3 amide bonds. The molecule has 6 nitrogen and oxygen atoms in total. The van der Waals surface area contributed by atoms with Crippen molar-refractivity contribution in [3.63, 3.8) is 0 Å². The lowest BCUT2D eigenvalue weighted by atomic mass is 9.49. The maximum atomic E-state index is 13.2. The van der Waals surface area contributed by atoms with E-state index in [0.29, 0.717) is 24.6 Å². The van der Waals surface area contributed by atoms with Crippen molar-refractivity contribution in [2.24, 2.45) is 29.1 Å². The summed E-state index contributed by atoms with van der Waals surface area (Å²) in [4.78, 5) is 39.1. The molecule has 1 heterocycles. The fraction of sp³-hybridized carbons (Fsp3) is 0.667. The standard InChI is InChI=1S/C27H37N3O3/c1-18(31)28-16-20-6-8-30(9-7-20)25(32)24-4-2-19(3-5-24)17-29-26(33)27-13-21-10-22(14-27)12-23(11-21)15-27/h2-5,20-23H,6-17H2,1H3,(H,28,31)(H,29,33). The zero-order chi connectivity index (χ0) is 23.0. The molecule has 4 bridgehead atoms. The van der Waals surface area contributed by atoms with Crippen LogP contribution in [0.15, 0.2) is 24.3 Å². The molecule has 4 saturated carbocycles. The Kier molecular flexibility index (Phi) is 6.19. The van der Waals surface area contributed by atoms with Gasteiger partial charge in [0.1, 0.15) is 0 Å². The van der Waals surface area contributed by atoms with Crippen LogP contribution in [-0.2, 0) is 16.1 Å². The summed E-state index contributed by atoms with van der Waals surface area (Å²) in [7, 11) is 0. The lowest BCUT2D eigenvalue weighted by molar-refractivity contribution is -0.146. The van der Waals surface area contributed by atoms with E-state index in [1.807, 2.05) is 29.2 Å². The van der Waals surface area contributed by atoms with Crippen LogP contribution >= 0.6 is 0 Å². The number of amides is 3. The molecule has 178 valence electrons. The fourth-order valence-electron chi connectivity index (χ4n) is 7.33. The van der Waals surface area contributed by atoms with Gasteiger partial charge in [-0.1, -0.05) is 12.1 Å². The van der Waals surface area contributed by atoms with Crippen LogP contribution < -0.4 is 10.6 Å². The van der Waals surface area contributed by atoms with E-state index in [9.17, 15) is 14.4 Å². The van der Waals surface area contributed by atoms with Crippen molar-refractivity contribution in [2.45, 2.75) is 64.8 Å². The zero-order valence-corrected chi connectivity index (χ0v) is 19.8. The SMILES string of the molecule is CC(=O)NCC1CCN(C(=O)c2ccc(CNC(=O)C34CC5CC(CC(C5)C3)C4)cc2)CC1. The van der Waals surface area contributed by atoms with Crippen LogP contribution in [0.2, 0.25) is 0 Å². The normalized spacial score (nSPS) is 30.8. The van der Waals surface area contributed by atoms with Crippen molar-refractivity contribution in [1.29, 1.82) is 0 Å². The highest BCUT2D eigenvalue weighted by Crippen LogP contribution is 2.60. The number of carbonyl (C=O) groups excluding carboxylic acids is 3. The summed E-state index contributed by atoms with van der Waals surface area (Å²) in [5.41, 5.74) is 1.63. The monoisotopic (exact) mass is 451 g/mol. The minimum absolute atomic E-state index is 0.00252. The molecule has 5 fully saturated rings. The molecule has 33 heavy (non-hydrogen) atoms. The maximum Gasteiger partial charge on any atom is 0.253 e. The van der Waals surface area contributed by atoms with E-state index in [-0.39, 0.29) is 23.1 Å². The van der Waals surface area contributed by atoms with Gasteiger partial charge in [-0.2, -0.15) is 0 Å². The Bertz CT molecular complexity index is 866. The van der Waals surface area contributed by atoms with Crippen molar-refractivity contribution in [3.8, 4) is 0 Å². The quantitative estimate of drug-likeness (QED) is 0.695. The van der Waals surface area contributed by atoms with Crippen LogP contribution in [-0.4, -0.2) is 42.3 Å². The van der Waals surface area contributed by atoms with Gasteiger partial charge in [0.15, 0.2) is 0 Å². The van der Waals surface area contributed by atoms with Crippen molar-refractivity contribution in [3.05, 3.63) is 35.4 Å². The second-order valence-corrected chi connectivity index (χ2v) is 11.3. The molecule has 2 N–H and O–H groups in total. The molecule has 0 aromatic heterocycles. The predicted octanol–water partition coefficient (Wildman–Crippen LogP) is 3.51. The molecule has 6 rings (SSSR count). The number of hydrogen-bond acceptors (Lipinski definition) is 3. The Hall–Kier alpha value is -2.37. The molecule has 4 aliphatic carbocycles. The van der Waals surface area contributed by atoms with Gasteiger partial charge in [0.2, 0.25) is 11.8 Å². The molecule has 1 saturated heterocycles. The first-order chi connectivity index (χ1) is 15.9. The summed E-state index contributed by atoms with van der Waals surface area (Å²) >= 11 is 0. The fourth-order valence-corrected chi connectivity index (χ4v) is 7.33. The average molecular weight is 452 g/mol. The number of carbonyl (C=O) groups is 3.